The van der Waals surface area contributed by atoms with Gasteiger partial charge in [0, 0.05) is 86.0 Å². The van der Waals surface area contributed by atoms with Crippen LogP contribution in [0, 0.1) is 0 Å². The third kappa shape index (κ3) is 8.84. The molecule has 10 radical (unpaired) electrons. The van der Waals surface area contributed by atoms with Gasteiger partial charge in [-0.25, -0.2) is 0 Å². The first kappa shape index (κ1) is 29.2. The van der Waals surface area contributed by atoms with Gasteiger partial charge in [0.2, 0.25) is 0 Å². The summed E-state index contributed by atoms with van der Waals surface area (Å²) in [6.07, 6.45) is 0. The zero-order valence-corrected chi connectivity index (χ0v) is 11.5. The predicted molar refractivity (Wildman–Crippen MR) is 17.3 cm³/mol. The maximum absolute atomic E-state index is 0. The minimum Gasteiger partial charge on any atom is 0 e. The fraction of sp³-hybridized carbons (Fsp3) is 0. The maximum atomic E-state index is 0. The minimum atomic E-state index is 0. The van der Waals surface area contributed by atoms with E-state index in [0.29, 0.717) is 0 Å². The molecule has 0 aromatic carbocycles. The molecule has 0 saturated heterocycles. The van der Waals surface area contributed by atoms with Gasteiger partial charge in [-0.1, -0.05) is 0 Å². The molecule has 0 N–H and O–H groups in total. The Balaban J connectivity index is 0. The summed E-state index contributed by atoms with van der Waals surface area (Å²) in [5, 5.41) is 0. The average Bonchev–Trinajstić information content (AvgIpc) is 0. The van der Waals surface area contributed by atoms with E-state index in [1.807, 2.05) is 0 Å². The smallest absolute Gasteiger partial charge is 0 e. The average molecular weight is 362 g/mol. The van der Waals surface area contributed by atoms with E-state index < -0.39 is 0 Å². The van der Waals surface area contributed by atoms with Crippen molar-refractivity contribution < 1.29 is 16.5 Å². The second kappa shape index (κ2) is 17.0. The Morgan fingerprint density at radius 3 is 1.00 bits per heavy atom. The van der Waals surface area contributed by atoms with E-state index >= 15 is 0 Å². The molecule has 20 valence electrons. The topological polar surface area (TPSA) is 0 Å². The van der Waals surface area contributed by atoms with Gasteiger partial charge >= 0.3 is 0 Å². The first-order valence-corrected chi connectivity index (χ1v) is 0. The van der Waals surface area contributed by atoms with Crippen LogP contribution in [0.25, 0.3) is 0 Å². The molecule has 0 spiro atoms. The normalized spacial score (nSPS) is 0. The summed E-state index contributed by atoms with van der Waals surface area (Å²) in [6.45, 7) is 0. The van der Waals surface area contributed by atoms with E-state index in [2.05, 4.69) is 0 Å². The molecule has 0 atom stereocenters. The predicted octanol–water partition coefficient (Wildman–Crippen LogP) is -1.14. The van der Waals surface area contributed by atoms with E-state index in [1.165, 1.54) is 0 Å². The van der Waals surface area contributed by atoms with Crippen molar-refractivity contribution in [1.82, 2.24) is 0 Å². The van der Waals surface area contributed by atoms with Gasteiger partial charge in [0.15, 0.2) is 0 Å². The Hall–Kier alpha value is 2.80. The molecular formula is GaInNiSn. The van der Waals surface area contributed by atoms with Crippen LogP contribution >= 0.6 is 0 Å². The first-order chi connectivity index (χ1) is 0. The summed E-state index contributed by atoms with van der Waals surface area (Å²) >= 11 is 0. The Morgan fingerprint density at radius 1 is 1.00 bits per heavy atom. The van der Waals surface area contributed by atoms with Crippen molar-refractivity contribution in [2.24, 2.45) is 0 Å². The monoisotopic (exact) mass is 362 g/mol. The summed E-state index contributed by atoms with van der Waals surface area (Å²) < 4.78 is 0. The van der Waals surface area contributed by atoms with E-state index in [9.17, 15) is 0 Å². The van der Waals surface area contributed by atoms with Crippen molar-refractivity contribution in [3.63, 3.8) is 0 Å². The van der Waals surface area contributed by atoms with Gasteiger partial charge in [0.05, 0.1) is 0 Å². The van der Waals surface area contributed by atoms with Crippen LogP contribution in [0.2, 0.25) is 0 Å². The number of hydrogen-bond acceptors (Lipinski definition) is 0. The van der Waals surface area contributed by atoms with Crippen molar-refractivity contribution in [2.75, 3.05) is 0 Å². The molecule has 0 heterocycles. The summed E-state index contributed by atoms with van der Waals surface area (Å²) in [5.41, 5.74) is 0. The van der Waals surface area contributed by atoms with Gasteiger partial charge in [-0.15, -0.1) is 0 Å². The third-order valence-electron chi connectivity index (χ3n) is 0. The molecule has 0 unspecified atom stereocenters. The third-order valence-corrected chi connectivity index (χ3v) is 0. The molecule has 0 aromatic rings. The standard InChI is InChI=1S/Ga.In.Ni.Sn. The van der Waals surface area contributed by atoms with Crippen LogP contribution in [0.4, 0.5) is 0 Å². The molecule has 4 heavy (non-hydrogen) atoms. The van der Waals surface area contributed by atoms with Crippen molar-refractivity contribution in [3.05, 3.63) is 0 Å². The van der Waals surface area contributed by atoms with Gasteiger partial charge in [-0.05, 0) is 0 Å². The van der Waals surface area contributed by atoms with Crippen LogP contribution in [-0.4, -0.2) is 69.5 Å². The molecule has 0 aliphatic heterocycles. The van der Waals surface area contributed by atoms with Crippen LogP contribution in [0.15, 0.2) is 0 Å². The van der Waals surface area contributed by atoms with Crippen LogP contribution in [0.5, 0.6) is 0 Å². The quantitative estimate of drug-likeness (QED) is 0.478. The molecule has 0 aliphatic carbocycles. The van der Waals surface area contributed by atoms with Crippen molar-refractivity contribution >= 4 is 69.5 Å². The molecule has 0 saturated carbocycles. The Bertz CT molecular complexity index is 8.00. The van der Waals surface area contributed by atoms with Crippen LogP contribution in [0.3, 0.4) is 0 Å². The Morgan fingerprint density at radius 2 is 1.00 bits per heavy atom. The van der Waals surface area contributed by atoms with Gasteiger partial charge in [-0.3, -0.25) is 0 Å². The SMILES string of the molecule is [Ga].[In].[Ni].[Sn]. The van der Waals surface area contributed by atoms with Gasteiger partial charge in [-0.2, -0.15) is 0 Å². The van der Waals surface area contributed by atoms with Crippen LogP contribution in [0.1, 0.15) is 0 Å². The molecule has 0 aromatic heterocycles. The van der Waals surface area contributed by atoms with Crippen molar-refractivity contribution in [3.8, 4) is 0 Å². The van der Waals surface area contributed by atoms with Crippen molar-refractivity contribution in [2.45, 2.75) is 0 Å². The summed E-state index contributed by atoms with van der Waals surface area (Å²) in [6, 6.07) is 0. The van der Waals surface area contributed by atoms with E-state index in [-0.39, 0.29) is 86.0 Å². The van der Waals surface area contributed by atoms with Crippen LogP contribution in [-0.2, 0) is 16.5 Å². The molecule has 0 bridgehead atoms. The summed E-state index contributed by atoms with van der Waals surface area (Å²) in [4.78, 5) is 0. The minimum absolute atomic E-state index is 0. The molecule has 4 heteroatoms. The van der Waals surface area contributed by atoms with Gasteiger partial charge in [0.25, 0.3) is 0 Å². The number of rotatable bonds is 0. The molecule has 0 aliphatic rings. The molecular weight excluding hydrogens is 362 g/mol. The van der Waals surface area contributed by atoms with Crippen LogP contribution < -0.4 is 0 Å². The zero-order valence-electron chi connectivity index (χ0n) is 1.97. The van der Waals surface area contributed by atoms with E-state index in [0.717, 1.165) is 0 Å². The Kier molecular flexibility index (Phi) is 124. The van der Waals surface area contributed by atoms with Gasteiger partial charge < -0.3 is 0 Å². The molecule has 0 amide bonds. The maximum Gasteiger partial charge on any atom is 0 e. The van der Waals surface area contributed by atoms with Gasteiger partial charge in [0.1, 0.15) is 0 Å². The second-order valence-electron chi connectivity index (χ2n) is 0. The fourth-order valence-electron chi connectivity index (χ4n) is 0. The summed E-state index contributed by atoms with van der Waals surface area (Å²) in [7, 11) is 0. The molecule has 0 fully saturated rings. The number of hydrogen-bond donors (Lipinski definition) is 0. The first-order valence-electron chi connectivity index (χ1n) is 0. The molecule has 0 nitrogen and oxygen atoms in total. The molecule has 0 rings (SSSR count). The van der Waals surface area contributed by atoms with E-state index in [4.69, 9.17) is 0 Å². The summed E-state index contributed by atoms with van der Waals surface area (Å²) in [5.74, 6) is 0. The Labute approximate surface area is 84.6 Å². The fourth-order valence-corrected chi connectivity index (χ4v) is 0. The zero-order chi connectivity index (χ0) is 0. The largest absolute Gasteiger partial charge is 0 e. The second-order valence-corrected chi connectivity index (χ2v) is 0. The van der Waals surface area contributed by atoms with Crippen molar-refractivity contribution in [1.29, 1.82) is 0 Å². The van der Waals surface area contributed by atoms with E-state index in [1.54, 1.807) is 0 Å².